The van der Waals surface area contributed by atoms with Crippen LogP contribution in [0.5, 0.6) is 0 Å². The first-order valence-corrected chi connectivity index (χ1v) is 10.3. The third kappa shape index (κ3) is 3.23. The van der Waals surface area contributed by atoms with Crippen LogP contribution >= 0.6 is 24.0 Å². The summed E-state index contributed by atoms with van der Waals surface area (Å²) in [6.07, 6.45) is 6.06. The lowest BCUT2D eigenvalue weighted by Crippen LogP contribution is -2.28. The molecule has 1 aromatic rings. The summed E-state index contributed by atoms with van der Waals surface area (Å²) in [6, 6.07) is 6.58. The highest BCUT2D eigenvalue weighted by Gasteiger charge is 2.38. The van der Waals surface area contributed by atoms with Crippen LogP contribution in [-0.2, 0) is 10.2 Å². The number of anilines is 1. The second-order valence-corrected chi connectivity index (χ2v) is 9.14. The molecular formula is C21H26N2OS2. The minimum absolute atomic E-state index is 0.0390. The smallest absolute Gasteiger partial charge is 0.266 e. The highest BCUT2D eigenvalue weighted by atomic mass is 32.2. The number of fused-ring (bicyclic) bond motifs is 1. The molecule has 0 aliphatic carbocycles. The van der Waals surface area contributed by atoms with Crippen molar-refractivity contribution in [3.8, 4) is 0 Å². The lowest BCUT2D eigenvalue weighted by Gasteiger charge is -2.23. The van der Waals surface area contributed by atoms with Crippen LogP contribution in [-0.4, -0.2) is 28.7 Å². The van der Waals surface area contributed by atoms with Gasteiger partial charge in [-0.2, -0.15) is 0 Å². The van der Waals surface area contributed by atoms with Crippen molar-refractivity contribution in [3.05, 3.63) is 52.1 Å². The number of thioether (sulfide) groups is 1. The van der Waals surface area contributed by atoms with Gasteiger partial charge in [0.05, 0.1) is 4.91 Å². The molecule has 1 amide bonds. The number of nitrogens with zero attached hydrogens (tertiary/aromatic N) is 2. The summed E-state index contributed by atoms with van der Waals surface area (Å²) in [5.74, 6) is 0.0390. The Morgan fingerprint density at radius 1 is 1.27 bits per heavy atom. The number of thiocarbonyl (C=S) groups is 1. The van der Waals surface area contributed by atoms with E-state index < -0.39 is 0 Å². The van der Waals surface area contributed by atoms with Crippen LogP contribution in [0.3, 0.4) is 0 Å². The van der Waals surface area contributed by atoms with Crippen LogP contribution in [0.4, 0.5) is 5.69 Å². The molecule has 5 heteroatoms. The summed E-state index contributed by atoms with van der Waals surface area (Å²) in [7, 11) is 2.09. The number of hydrogen-bond acceptors (Lipinski definition) is 4. The highest BCUT2D eigenvalue weighted by molar-refractivity contribution is 8.26. The molecule has 2 aliphatic heterocycles. The minimum atomic E-state index is -0.0953. The molecule has 3 nitrogen and oxygen atoms in total. The average molecular weight is 387 g/mol. The fourth-order valence-corrected chi connectivity index (χ4v) is 4.88. The zero-order valence-electron chi connectivity index (χ0n) is 16.1. The highest BCUT2D eigenvalue weighted by Crippen LogP contribution is 2.47. The lowest BCUT2D eigenvalue weighted by atomic mass is 9.83. The van der Waals surface area contributed by atoms with Crippen molar-refractivity contribution in [2.75, 3.05) is 18.5 Å². The van der Waals surface area contributed by atoms with Gasteiger partial charge in [-0.05, 0) is 37.1 Å². The molecule has 1 saturated heterocycles. The van der Waals surface area contributed by atoms with Crippen LogP contribution in [0.2, 0.25) is 0 Å². The van der Waals surface area contributed by atoms with Gasteiger partial charge in [0, 0.05) is 30.4 Å². The third-order valence-corrected chi connectivity index (χ3v) is 6.59. The summed E-state index contributed by atoms with van der Waals surface area (Å²) in [5, 5.41) is 0. The first-order valence-electron chi connectivity index (χ1n) is 9.08. The molecule has 0 N–H and O–H groups in total. The molecule has 0 saturated carbocycles. The number of carbonyl (C=O) groups excluding carboxylic acids is 1. The molecule has 138 valence electrons. The Kier molecular flexibility index (Phi) is 5.31. The molecule has 0 aromatic heterocycles. The molecule has 1 aromatic carbocycles. The first kappa shape index (κ1) is 19.2. The van der Waals surface area contributed by atoms with Crippen LogP contribution in [0.25, 0.3) is 0 Å². The molecule has 0 bridgehead atoms. The van der Waals surface area contributed by atoms with Crippen molar-refractivity contribution in [1.29, 1.82) is 0 Å². The van der Waals surface area contributed by atoms with E-state index in [0.717, 1.165) is 17.7 Å². The number of carbonyl (C=O) groups is 1. The molecule has 2 heterocycles. The van der Waals surface area contributed by atoms with E-state index in [1.807, 2.05) is 6.08 Å². The minimum Gasteiger partial charge on any atom is -0.347 e. The zero-order valence-corrected chi connectivity index (χ0v) is 17.8. The molecule has 2 aliphatic rings. The van der Waals surface area contributed by atoms with E-state index in [1.54, 1.807) is 4.90 Å². The van der Waals surface area contributed by atoms with Gasteiger partial charge in [-0.3, -0.25) is 9.69 Å². The molecule has 3 rings (SSSR count). The fraction of sp³-hybridized carbons (Fsp3) is 0.429. The van der Waals surface area contributed by atoms with Crippen molar-refractivity contribution in [2.45, 2.75) is 46.0 Å². The Bertz CT molecular complexity index is 823. The molecule has 0 atom stereocenters. The topological polar surface area (TPSA) is 23.6 Å². The van der Waals surface area contributed by atoms with Crippen molar-refractivity contribution in [3.63, 3.8) is 0 Å². The normalized spacial score (nSPS) is 22.0. The largest absolute Gasteiger partial charge is 0.347 e. The predicted molar refractivity (Wildman–Crippen MR) is 116 cm³/mol. The number of rotatable bonds is 4. The number of hydrogen-bond donors (Lipinski definition) is 0. The van der Waals surface area contributed by atoms with Crippen molar-refractivity contribution >= 4 is 39.9 Å². The Labute approximate surface area is 166 Å². The van der Waals surface area contributed by atoms with Gasteiger partial charge in [-0.1, -0.05) is 68.9 Å². The number of aryl methyl sites for hydroxylation is 1. The first-order chi connectivity index (χ1) is 12.3. The maximum atomic E-state index is 12.6. The molecule has 0 spiro atoms. The van der Waals surface area contributed by atoms with E-state index in [9.17, 15) is 4.79 Å². The maximum Gasteiger partial charge on any atom is 0.266 e. The fourth-order valence-electron chi connectivity index (χ4n) is 3.63. The van der Waals surface area contributed by atoms with Crippen LogP contribution in [0.15, 0.2) is 41.0 Å². The second kappa shape index (κ2) is 7.20. The summed E-state index contributed by atoms with van der Waals surface area (Å²) in [4.78, 5) is 17.3. The standard InChI is InChI=1S/C21H26N2OS2/c1-6-7-12-23-19(24)17(26-20(23)25)10-11-18-21(3,4)15-13-14(2)8-9-16(15)22(18)5/h8-11,13H,6-7,12H2,1-5H3/b17-10-,18-11-. The number of likely N-dealkylation sites (N-methyl/N-ethyl adjacent to an activating group) is 1. The van der Waals surface area contributed by atoms with E-state index in [-0.39, 0.29) is 11.3 Å². The number of benzene rings is 1. The molecule has 26 heavy (non-hydrogen) atoms. The quantitative estimate of drug-likeness (QED) is 0.527. The van der Waals surface area contributed by atoms with E-state index in [1.165, 1.54) is 34.3 Å². The Balaban J connectivity index is 1.90. The predicted octanol–water partition coefficient (Wildman–Crippen LogP) is 5.15. The molecule has 1 fully saturated rings. The summed E-state index contributed by atoms with van der Waals surface area (Å²) >= 11 is 6.80. The van der Waals surface area contributed by atoms with Gasteiger partial charge < -0.3 is 4.90 Å². The van der Waals surface area contributed by atoms with E-state index in [2.05, 4.69) is 63.9 Å². The lowest BCUT2D eigenvalue weighted by molar-refractivity contribution is -0.122. The van der Waals surface area contributed by atoms with Crippen LogP contribution < -0.4 is 4.90 Å². The van der Waals surface area contributed by atoms with Crippen molar-refractivity contribution < 1.29 is 4.79 Å². The number of amides is 1. The summed E-state index contributed by atoms with van der Waals surface area (Å²) < 4.78 is 0.672. The molecule has 0 unspecified atom stereocenters. The second-order valence-electron chi connectivity index (χ2n) is 7.47. The van der Waals surface area contributed by atoms with Gasteiger partial charge in [0.15, 0.2) is 0 Å². The van der Waals surface area contributed by atoms with Gasteiger partial charge in [0.2, 0.25) is 0 Å². The zero-order chi connectivity index (χ0) is 19.1. The Morgan fingerprint density at radius 3 is 2.69 bits per heavy atom. The molecular weight excluding hydrogens is 360 g/mol. The number of unbranched alkanes of at least 4 members (excludes halogenated alkanes) is 1. The molecule has 0 radical (unpaired) electrons. The van der Waals surface area contributed by atoms with Gasteiger partial charge >= 0.3 is 0 Å². The van der Waals surface area contributed by atoms with E-state index >= 15 is 0 Å². The van der Waals surface area contributed by atoms with Crippen LogP contribution in [0.1, 0.15) is 44.7 Å². The Hall–Kier alpha value is -1.59. The van der Waals surface area contributed by atoms with Crippen LogP contribution in [0, 0.1) is 6.92 Å². The Morgan fingerprint density at radius 2 is 2.00 bits per heavy atom. The maximum absolute atomic E-state index is 12.6. The van der Waals surface area contributed by atoms with E-state index in [0.29, 0.717) is 10.9 Å². The van der Waals surface area contributed by atoms with Gasteiger partial charge in [0.1, 0.15) is 4.32 Å². The number of allylic oxidation sites excluding steroid dienone is 3. The van der Waals surface area contributed by atoms with E-state index in [4.69, 9.17) is 12.2 Å². The third-order valence-electron chi connectivity index (χ3n) is 5.19. The summed E-state index contributed by atoms with van der Waals surface area (Å²) in [5.41, 5.74) is 4.92. The van der Waals surface area contributed by atoms with Gasteiger partial charge in [0.25, 0.3) is 5.91 Å². The van der Waals surface area contributed by atoms with Gasteiger partial charge in [-0.15, -0.1) is 0 Å². The average Bonchev–Trinajstić information content (AvgIpc) is 2.95. The SMILES string of the molecule is CCCCN1C(=O)/C(=C/C=C2\N(C)c3ccc(C)cc3C2(C)C)SC1=S. The van der Waals surface area contributed by atoms with Crippen molar-refractivity contribution in [1.82, 2.24) is 4.90 Å². The van der Waals surface area contributed by atoms with Crippen molar-refractivity contribution in [2.24, 2.45) is 0 Å². The van der Waals surface area contributed by atoms with Gasteiger partial charge in [-0.25, -0.2) is 0 Å². The summed E-state index contributed by atoms with van der Waals surface area (Å²) in [6.45, 7) is 9.43. The monoisotopic (exact) mass is 386 g/mol.